The second kappa shape index (κ2) is 11.2. The van der Waals surface area contributed by atoms with Gasteiger partial charge in [0.2, 0.25) is 0 Å². The Labute approximate surface area is 154 Å². The summed E-state index contributed by atoms with van der Waals surface area (Å²) >= 11 is 0. The monoisotopic (exact) mass is 347 g/mol. The van der Waals surface area contributed by atoms with Crippen molar-refractivity contribution in [1.29, 1.82) is 0 Å². The van der Waals surface area contributed by atoms with E-state index in [0.29, 0.717) is 29.9 Å². The van der Waals surface area contributed by atoms with Crippen LogP contribution in [0, 0.1) is 17.8 Å². The summed E-state index contributed by atoms with van der Waals surface area (Å²) in [7, 11) is 0. The molecular formula is C22H37NO2. The van der Waals surface area contributed by atoms with Gasteiger partial charge < -0.3 is 9.64 Å². The number of ether oxygens (including phenoxy) is 1. The highest BCUT2D eigenvalue weighted by Crippen LogP contribution is 2.25. The van der Waals surface area contributed by atoms with Gasteiger partial charge in [0, 0.05) is 13.1 Å². The van der Waals surface area contributed by atoms with E-state index >= 15 is 0 Å². The quantitative estimate of drug-likeness (QED) is 0.475. The van der Waals surface area contributed by atoms with Crippen molar-refractivity contribution < 1.29 is 9.53 Å². The van der Waals surface area contributed by atoms with Crippen LogP contribution in [0.4, 0.5) is 5.69 Å². The minimum absolute atomic E-state index is 0.200. The molecule has 0 bridgehead atoms. The van der Waals surface area contributed by atoms with Crippen molar-refractivity contribution in [2.45, 2.75) is 60.8 Å². The lowest BCUT2D eigenvalue weighted by atomic mass is 10.0. The smallest absolute Gasteiger partial charge is 0.340 e. The Bertz CT molecular complexity index is 503. The maximum Gasteiger partial charge on any atom is 0.340 e. The molecule has 142 valence electrons. The molecule has 0 heterocycles. The Morgan fingerprint density at radius 3 is 1.96 bits per heavy atom. The molecule has 0 saturated heterocycles. The van der Waals surface area contributed by atoms with Gasteiger partial charge in [0.05, 0.1) is 17.9 Å². The van der Waals surface area contributed by atoms with Crippen molar-refractivity contribution in [3.8, 4) is 0 Å². The zero-order valence-electron chi connectivity index (χ0n) is 17.0. The van der Waals surface area contributed by atoms with Crippen LogP contribution < -0.4 is 4.90 Å². The highest BCUT2D eigenvalue weighted by Gasteiger charge is 2.20. The largest absolute Gasteiger partial charge is 0.462 e. The van der Waals surface area contributed by atoms with Gasteiger partial charge in [-0.05, 0) is 29.9 Å². The van der Waals surface area contributed by atoms with E-state index in [9.17, 15) is 4.79 Å². The van der Waals surface area contributed by atoms with Crippen LogP contribution in [-0.4, -0.2) is 25.7 Å². The van der Waals surface area contributed by atoms with Crippen LogP contribution in [0.15, 0.2) is 24.3 Å². The van der Waals surface area contributed by atoms with Gasteiger partial charge in [-0.2, -0.15) is 0 Å². The molecule has 0 N–H and O–H groups in total. The summed E-state index contributed by atoms with van der Waals surface area (Å²) in [6, 6.07) is 7.90. The van der Waals surface area contributed by atoms with Crippen LogP contribution in [0.3, 0.4) is 0 Å². The van der Waals surface area contributed by atoms with Crippen molar-refractivity contribution in [2.24, 2.45) is 17.8 Å². The summed E-state index contributed by atoms with van der Waals surface area (Å²) in [5.41, 5.74) is 1.70. The first-order chi connectivity index (χ1) is 11.9. The van der Waals surface area contributed by atoms with Crippen molar-refractivity contribution in [2.75, 3.05) is 24.6 Å². The van der Waals surface area contributed by atoms with E-state index < -0.39 is 0 Å². The van der Waals surface area contributed by atoms with Crippen LogP contribution in [0.1, 0.15) is 71.2 Å². The Kier molecular flexibility index (Phi) is 9.62. The minimum atomic E-state index is -0.200. The molecule has 3 atom stereocenters. The number of rotatable bonds is 11. The number of esters is 1. The molecule has 0 amide bonds. The van der Waals surface area contributed by atoms with Gasteiger partial charge in [-0.3, -0.25) is 0 Å². The molecule has 1 aromatic carbocycles. The molecule has 0 aliphatic heterocycles. The molecule has 0 aliphatic carbocycles. The zero-order chi connectivity index (χ0) is 18.8. The highest BCUT2D eigenvalue weighted by atomic mass is 16.5. The van der Waals surface area contributed by atoms with Gasteiger partial charge >= 0.3 is 5.97 Å². The molecule has 0 saturated carbocycles. The summed E-state index contributed by atoms with van der Waals surface area (Å²) in [5.74, 6) is 1.38. The lowest BCUT2D eigenvalue weighted by Gasteiger charge is -2.31. The van der Waals surface area contributed by atoms with E-state index in [1.165, 1.54) is 0 Å². The minimum Gasteiger partial charge on any atom is -0.462 e. The number of nitrogens with zero attached hydrogens (tertiary/aromatic N) is 1. The van der Waals surface area contributed by atoms with Gasteiger partial charge in [0.15, 0.2) is 0 Å². The standard InChI is InChI=1S/C22H37NO2/c1-7-17(4)14-23(15-18(5)8-2)21-13-11-10-12-20(21)22(24)25-16-19(6)9-3/h10-13,17-19H,7-9,14-16H2,1-6H3. The molecule has 0 aromatic heterocycles. The molecule has 1 rings (SSSR count). The van der Waals surface area contributed by atoms with Crippen LogP contribution in [-0.2, 0) is 4.74 Å². The van der Waals surface area contributed by atoms with E-state index in [2.05, 4.69) is 52.5 Å². The fourth-order valence-corrected chi connectivity index (χ4v) is 2.62. The predicted molar refractivity (Wildman–Crippen MR) is 107 cm³/mol. The Morgan fingerprint density at radius 2 is 1.44 bits per heavy atom. The highest BCUT2D eigenvalue weighted by molar-refractivity contribution is 5.95. The molecule has 3 heteroatoms. The summed E-state index contributed by atoms with van der Waals surface area (Å²) in [6.45, 7) is 15.6. The van der Waals surface area contributed by atoms with E-state index in [0.717, 1.165) is 38.0 Å². The average molecular weight is 348 g/mol. The first-order valence-corrected chi connectivity index (χ1v) is 9.93. The maximum atomic E-state index is 12.7. The van der Waals surface area contributed by atoms with Crippen LogP contribution in [0.2, 0.25) is 0 Å². The Balaban J connectivity index is 3.02. The Morgan fingerprint density at radius 1 is 0.920 bits per heavy atom. The molecule has 3 unspecified atom stereocenters. The van der Waals surface area contributed by atoms with Gasteiger partial charge in [0.1, 0.15) is 0 Å². The molecule has 25 heavy (non-hydrogen) atoms. The number of benzene rings is 1. The van der Waals surface area contributed by atoms with Crippen molar-refractivity contribution in [1.82, 2.24) is 0 Å². The SMILES string of the molecule is CCC(C)COC(=O)c1ccccc1N(CC(C)CC)CC(C)CC. The molecule has 0 radical (unpaired) electrons. The van der Waals surface area contributed by atoms with Gasteiger partial charge in [-0.15, -0.1) is 0 Å². The summed E-state index contributed by atoms with van der Waals surface area (Å²) in [6.07, 6.45) is 3.29. The molecule has 0 aliphatic rings. The van der Waals surface area contributed by atoms with Crippen LogP contribution in [0.5, 0.6) is 0 Å². The predicted octanol–water partition coefficient (Wildman–Crippen LogP) is 5.79. The number of hydrogen-bond acceptors (Lipinski definition) is 3. The van der Waals surface area contributed by atoms with Crippen LogP contribution in [0.25, 0.3) is 0 Å². The topological polar surface area (TPSA) is 29.5 Å². The van der Waals surface area contributed by atoms with E-state index in [1.807, 2.05) is 18.2 Å². The third kappa shape index (κ3) is 7.09. The van der Waals surface area contributed by atoms with Crippen molar-refractivity contribution >= 4 is 11.7 Å². The molecule has 0 spiro atoms. The Hall–Kier alpha value is -1.51. The number of carbonyl (C=O) groups excluding carboxylic acids is 1. The first-order valence-electron chi connectivity index (χ1n) is 9.93. The first kappa shape index (κ1) is 21.5. The van der Waals surface area contributed by atoms with Gasteiger partial charge in [-0.25, -0.2) is 4.79 Å². The summed E-state index contributed by atoms with van der Waals surface area (Å²) < 4.78 is 5.57. The molecule has 3 nitrogen and oxygen atoms in total. The molecule has 0 fully saturated rings. The van der Waals surface area contributed by atoms with Crippen molar-refractivity contribution in [3.63, 3.8) is 0 Å². The number of carbonyl (C=O) groups is 1. The third-order valence-corrected chi connectivity index (χ3v) is 5.12. The normalized spacial score (nSPS) is 14.6. The van der Waals surface area contributed by atoms with E-state index in [1.54, 1.807) is 0 Å². The fourth-order valence-electron chi connectivity index (χ4n) is 2.62. The lowest BCUT2D eigenvalue weighted by Crippen LogP contribution is -2.33. The summed E-state index contributed by atoms with van der Waals surface area (Å²) in [4.78, 5) is 15.0. The second-order valence-electron chi connectivity index (χ2n) is 7.56. The number of anilines is 1. The number of para-hydroxylation sites is 1. The average Bonchev–Trinajstić information content (AvgIpc) is 2.64. The third-order valence-electron chi connectivity index (χ3n) is 5.12. The summed E-state index contributed by atoms with van der Waals surface area (Å²) in [5, 5.41) is 0. The maximum absolute atomic E-state index is 12.7. The molecular weight excluding hydrogens is 310 g/mol. The number of hydrogen-bond donors (Lipinski definition) is 0. The lowest BCUT2D eigenvalue weighted by molar-refractivity contribution is 0.0447. The van der Waals surface area contributed by atoms with E-state index in [-0.39, 0.29) is 5.97 Å². The van der Waals surface area contributed by atoms with E-state index in [4.69, 9.17) is 4.74 Å². The van der Waals surface area contributed by atoms with Gasteiger partial charge in [0.25, 0.3) is 0 Å². The molecule has 1 aromatic rings. The fraction of sp³-hybridized carbons (Fsp3) is 0.682. The van der Waals surface area contributed by atoms with Crippen LogP contribution >= 0.6 is 0 Å². The van der Waals surface area contributed by atoms with Gasteiger partial charge in [-0.1, -0.05) is 72.9 Å². The second-order valence-corrected chi connectivity index (χ2v) is 7.56. The zero-order valence-corrected chi connectivity index (χ0v) is 17.0. The van der Waals surface area contributed by atoms with Crippen molar-refractivity contribution in [3.05, 3.63) is 29.8 Å².